The van der Waals surface area contributed by atoms with E-state index in [9.17, 15) is 0 Å². The molecule has 2 rings (SSSR count). The predicted molar refractivity (Wildman–Crippen MR) is 53.7 cm³/mol. The molecule has 1 unspecified atom stereocenters. The van der Waals surface area contributed by atoms with Crippen molar-refractivity contribution in [3.63, 3.8) is 0 Å². The fraction of sp³-hybridized carbons (Fsp3) is 0.700. The van der Waals surface area contributed by atoms with E-state index in [1.165, 1.54) is 12.8 Å². The first-order valence-corrected chi connectivity index (χ1v) is 5.21. The molecule has 1 aromatic heterocycles. The standard InChI is InChI=1S/C10H17N3O/c1-7-10(13-9(6-11)14-7)8-4-2-3-5-12-8/h8,12H,2-6,11H2,1H3. The number of nitrogens with two attached hydrogens (primary N) is 1. The zero-order valence-electron chi connectivity index (χ0n) is 8.55. The van der Waals surface area contributed by atoms with Crippen LogP contribution in [0.15, 0.2) is 4.42 Å². The first-order chi connectivity index (χ1) is 6.81. The molecular weight excluding hydrogens is 178 g/mol. The lowest BCUT2D eigenvalue weighted by atomic mass is 10.0. The molecule has 1 aromatic rings. The second kappa shape index (κ2) is 4.11. The summed E-state index contributed by atoms with van der Waals surface area (Å²) in [5, 5.41) is 3.45. The van der Waals surface area contributed by atoms with Gasteiger partial charge in [-0.1, -0.05) is 6.42 Å². The number of aromatic nitrogens is 1. The maximum Gasteiger partial charge on any atom is 0.208 e. The molecule has 0 radical (unpaired) electrons. The van der Waals surface area contributed by atoms with Gasteiger partial charge in [-0.3, -0.25) is 0 Å². The molecule has 1 aliphatic rings. The van der Waals surface area contributed by atoms with Crippen molar-refractivity contribution in [1.82, 2.24) is 10.3 Å². The molecule has 78 valence electrons. The summed E-state index contributed by atoms with van der Waals surface area (Å²) >= 11 is 0. The Balaban J connectivity index is 2.17. The monoisotopic (exact) mass is 195 g/mol. The first-order valence-electron chi connectivity index (χ1n) is 5.21. The van der Waals surface area contributed by atoms with Gasteiger partial charge in [0.1, 0.15) is 5.76 Å². The summed E-state index contributed by atoms with van der Waals surface area (Å²) in [4.78, 5) is 4.40. The molecule has 4 heteroatoms. The number of hydrogen-bond donors (Lipinski definition) is 2. The molecule has 1 fully saturated rings. The minimum Gasteiger partial charge on any atom is -0.444 e. The Morgan fingerprint density at radius 2 is 2.43 bits per heavy atom. The summed E-state index contributed by atoms with van der Waals surface area (Å²) in [6.07, 6.45) is 3.68. The van der Waals surface area contributed by atoms with Crippen LogP contribution in [0.4, 0.5) is 0 Å². The largest absolute Gasteiger partial charge is 0.444 e. The molecule has 1 saturated heterocycles. The van der Waals surface area contributed by atoms with E-state index in [0.717, 1.165) is 24.4 Å². The molecule has 0 bridgehead atoms. The van der Waals surface area contributed by atoms with Gasteiger partial charge in [0, 0.05) is 0 Å². The number of piperidine rings is 1. The van der Waals surface area contributed by atoms with Crippen molar-refractivity contribution in [3.05, 3.63) is 17.3 Å². The van der Waals surface area contributed by atoms with Crippen molar-refractivity contribution in [3.8, 4) is 0 Å². The van der Waals surface area contributed by atoms with Crippen LogP contribution < -0.4 is 11.1 Å². The Morgan fingerprint density at radius 3 is 3.00 bits per heavy atom. The zero-order valence-corrected chi connectivity index (χ0v) is 8.55. The van der Waals surface area contributed by atoms with E-state index in [1.807, 2.05) is 6.92 Å². The van der Waals surface area contributed by atoms with Crippen LogP contribution in [0.25, 0.3) is 0 Å². The molecule has 14 heavy (non-hydrogen) atoms. The predicted octanol–water partition coefficient (Wildman–Crippen LogP) is 1.26. The van der Waals surface area contributed by atoms with Gasteiger partial charge >= 0.3 is 0 Å². The van der Waals surface area contributed by atoms with Gasteiger partial charge in [-0.25, -0.2) is 4.98 Å². The Bertz CT molecular complexity index is 302. The normalized spacial score (nSPS) is 22.6. The number of rotatable bonds is 2. The SMILES string of the molecule is Cc1oc(CN)nc1C1CCCCN1. The van der Waals surface area contributed by atoms with Crippen LogP contribution in [-0.2, 0) is 6.54 Å². The summed E-state index contributed by atoms with van der Waals surface area (Å²) in [6, 6.07) is 0.368. The minimum atomic E-state index is 0.368. The van der Waals surface area contributed by atoms with Crippen LogP contribution >= 0.6 is 0 Å². The lowest BCUT2D eigenvalue weighted by Gasteiger charge is -2.21. The third-order valence-electron chi connectivity index (χ3n) is 2.69. The van der Waals surface area contributed by atoms with Crippen molar-refractivity contribution >= 4 is 0 Å². The average Bonchev–Trinajstić information content (AvgIpc) is 2.61. The van der Waals surface area contributed by atoms with Gasteiger partial charge in [0.2, 0.25) is 5.89 Å². The summed E-state index contributed by atoms with van der Waals surface area (Å²) in [7, 11) is 0. The van der Waals surface area contributed by atoms with Crippen LogP contribution in [0, 0.1) is 6.92 Å². The van der Waals surface area contributed by atoms with E-state index >= 15 is 0 Å². The fourth-order valence-corrected chi connectivity index (χ4v) is 1.96. The Morgan fingerprint density at radius 1 is 1.57 bits per heavy atom. The maximum absolute atomic E-state index is 5.48. The van der Waals surface area contributed by atoms with Crippen molar-refractivity contribution in [2.45, 2.75) is 38.8 Å². The lowest BCUT2D eigenvalue weighted by molar-refractivity contribution is 0.400. The topological polar surface area (TPSA) is 64.1 Å². The Hall–Kier alpha value is -0.870. The van der Waals surface area contributed by atoms with E-state index in [-0.39, 0.29) is 0 Å². The lowest BCUT2D eigenvalue weighted by Crippen LogP contribution is -2.27. The molecule has 0 saturated carbocycles. The molecule has 1 atom stereocenters. The molecule has 2 heterocycles. The van der Waals surface area contributed by atoms with Gasteiger partial charge in [-0.15, -0.1) is 0 Å². The maximum atomic E-state index is 5.48. The summed E-state index contributed by atoms with van der Waals surface area (Å²) in [6.45, 7) is 3.42. The van der Waals surface area contributed by atoms with Gasteiger partial charge < -0.3 is 15.5 Å². The molecule has 0 aromatic carbocycles. The number of aryl methyl sites for hydroxylation is 1. The summed E-state index contributed by atoms with van der Waals surface area (Å²) in [5.41, 5.74) is 6.53. The van der Waals surface area contributed by atoms with Crippen molar-refractivity contribution in [2.75, 3.05) is 6.54 Å². The van der Waals surface area contributed by atoms with Crippen LogP contribution in [0.2, 0.25) is 0 Å². The van der Waals surface area contributed by atoms with E-state index < -0.39 is 0 Å². The first kappa shape index (κ1) is 9.68. The highest BCUT2D eigenvalue weighted by molar-refractivity contribution is 5.13. The smallest absolute Gasteiger partial charge is 0.208 e. The number of oxazole rings is 1. The molecule has 3 N–H and O–H groups in total. The molecule has 1 aliphatic heterocycles. The van der Waals surface area contributed by atoms with E-state index in [1.54, 1.807) is 0 Å². The highest BCUT2D eigenvalue weighted by atomic mass is 16.4. The highest BCUT2D eigenvalue weighted by Crippen LogP contribution is 2.25. The number of nitrogens with one attached hydrogen (secondary N) is 1. The van der Waals surface area contributed by atoms with Crippen LogP contribution in [0.3, 0.4) is 0 Å². The quantitative estimate of drug-likeness (QED) is 0.745. The van der Waals surface area contributed by atoms with Crippen molar-refractivity contribution < 1.29 is 4.42 Å². The third kappa shape index (κ3) is 1.81. The van der Waals surface area contributed by atoms with Gasteiger partial charge in [0.05, 0.1) is 18.3 Å². The summed E-state index contributed by atoms with van der Waals surface area (Å²) < 4.78 is 5.44. The molecule has 0 spiro atoms. The Kier molecular flexibility index (Phi) is 2.84. The van der Waals surface area contributed by atoms with Crippen molar-refractivity contribution in [2.24, 2.45) is 5.73 Å². The highest BCUT2D eigenvalue weighted by Gasteiger charge is 2.20. The second-order valence-electron chi connectivity index (χ2n) is 3.76. The fourth-order valence-electron chi connectivity index (χ4n) is 1.96. The van der Waals surface area contributed by atoms with Gasteiger partial charge in [-0.2, -0.15) is 0 Å². The van der Waals surface area contributed by atoms with Gasteiger partial charge in [0.15, 0.2) is 0 Å². The zero-order chi connectivity index (χ0) is 9.97. The number of hydrogen-bond acceptors (Lipinski definition) is 4. The third-order valence-corrected chi connectivity index (χ3v) is 2.69. The van der Waals surface area contributed by atoms with Crippen LogP contribution in [-0.4, -0.2) is 11.5 Å². The molecular formula is C10H17N3O. The number of nitrogens with zero attached hydrogens (tertiary/aromatic N) is 1. The molecule has 0 aliphatic carbocycles. The Labute approximate surface area is 83.9 Å². The van der Waals surface area contributed by atoms with E-state index in [0.29, 0.717) is 18.5 Å². The molecule has 0 amide bonds. The van der Waals surface area contributed by atoms with Crippen LogP contribution in [0.5, 0.6) is 0 Å². The average molecular weight is 195 g/mol. The van der Waals surface area contributed by atoms with Gasteiger partial charge in [0.25, 0.3) is 0 Å². The van der Waals surface area contributed by atoms with Crippen molar-refractivity contribution in [1.29, 1.82) is 0 Å². The van der Waals surface area contributed by atoms with Crippen LogP contribution in [0.1, 0.15) is 42.6 Å². The van der Waals surface area contributed by atoms with Gasteiger partial charge in [-0.05, 0) is 26.3 Å². The van der Waals surface area contributed by atoms with E-state index in [4.69, 9.17) is 10.2 Å². The summed E-state index contributed by atoms with van der Waals surface area (Å²) in [5.74, 6) is 1.55. The van der Waals surface area contributed by atoms with E-state index in [2.05, 4.69) is 10.3 Å². The molecule has 4 nitrogen and oxygen atoms in total. The second-order valence-corrected chi connectivity index (χ2v) is 3.76. The minimum absolute atomic E-state index is 0.368.